The zero-order chi connectivity index (χ0) is 8.27. The topological polar surface area (TPSA) is 27.0 Å². The third-order valence-electron chi connectivity index (χ3n) is 2.61. The van der Waals surface area contributed by atoms with E-state index in [9.17, 15) is 0 Å². The molecule has 2 nitrogen and oxygen atoms in total. The van der Waals surface area contributed by atoms with Gasteiger partial charge in [-0.05, 0) is 33.4 Å². The highest BCUT2D eigenvalue weighted by atomic mass is 15.1. The van der Waals surface area contributed by atoms with E-state index in [1.54, 1.807) is 0 Å². The van der Waals surface area contributed by atoms with Crippen LogP contribution in [0.2, 0.25) is 0 Å². The maximum atomic E-state index is 8.73. The molecule has 0 radical (unpaired) electrons. The lowest BCUT2D eigenvalue weighted by atomic mass is 9.93. The molecule has 1 heterocycles. The number of hydrogen-bond acceptors (Lipinski definition) is 2. The molecular formula is C9H16N2. The SMILES string of the molecule is CC(C#N)C1CCCCN1C. The van der Waals surface area contributed by atoms with Crippen molar-refractivity contribution in [3.8, 4) is 6.07 Å². The van der Waals surface area contributed by atoms with Gasteiger partial charge in [-0.1, -0.05) is 6.42 Å². The second kappa shape index (κ2) is 3.73. The monoisotopic (exact) mass is 152 g/mol. The zero-order valence-corrected chi connectivity index (χ0v) is 7.38. The summed E-state index contributed by atoms with van der Waals surface area (Å²) in [5.74, 6) is 0.195. The molecule has 0 aliphatic carbocycles. The van der Waals surface area contributed by atoms with E-state index < -0.39 is 0 Å². The van der Waals surface area contributed by atoms with Crippen molar-refractivity contribution in [3.05, 3.63) is 0 Å². The Hall–Kier alpha value is -0.550. The highest BCUT2D eigenvalue weighted by Crippen LogP contribution is 2.20. The predicted octanol–water partition coefficient (Wildman–Crippen LogP) is 1.63. The Morgan fingerprint density at radius 1 is 1.55 bits per heavy atom. The van der Waals surface area contributed by atoms with Gasteiger partial charge in [0.15, 0.2) is 0 Å². The first kappa shape index (κ1) is 8.55. The molecule has 1 aliphatic heterocycles. The summed E-state index contributed by atoms with van der Waals surface area (Å²) >= 11 is 0. The summed E-state index contributed by atoms with van der Waals surface area (Å²) in [4.78, 5) is 2.32. The van der Waals surface area contributed by atoms with E-state index in [1.807, 2.05) is 6.92 Å². The van der Waals surface area contributed by atoms with Crippen LogP contribution in [0.4, 0.5) is 0 Å². The summed E-state index contributed by atoms with van der Waals surface area (Å²) in [6, 6.07) is 2.83. The van der Waals surface area contributed by atoms with Gasteiger partial charge in [-0.15, -0.1) is 0 Å². The number of nitrogens with zero attached hydrogens (tertiary/aromatic N) is 2. The summed E-state index contributed by atoms with van der Waals surface area (Å²) < 4.78 is 0. The van der Waals surface area contributed by atoms with Gasteiger partial charge in [0.25, 0.3) is 0 Å². The lowest BCUT2D eigenvalue weighted by Gasteiger charge is -2.33. The molecule has 0 spiro atoms. The van der Waals surface area contributed by atoms with Gasteiger partial charge in [-0.2, -0.15) is 5.26 Å². The number of nitriles is 1. The fourth-order valence-corrected chi connectivity index (χ4v) is 1.82. The minimum Gasteiger partial charge on any atom is -0.302 e. The molecule has 62 valence electrons. The Kier molecular flexibility index (Phi) is 2.90. The molecule has 0 aromatic heterocycles. The molecule has 0 aromatic carbocycles. The number of piperidine rings is 1. The van der Waals surface area contributed by atoms with Crippen LogP contribution in [0, 0.1) is 17.2 Å². The van der Waals surface area contributed by atoms with Crippen molar-refractivity contribution in [2.45, 2.75) is 32.2 Å². The van der Waals surface area contributed by atoms with Crippen LogP contribution in [-0.2, 0) is 0 Å². The molecule has 1 aliphatic rings. The summed E-state index contributed by atoms with van der Waals surface area (Å²) in [6.45, 7) is 3.18. The molecular weight excluding hydrogens is 136 g/mol. The quantitative estimate of drug-likeness (QED) is 0.571. The average molecular weight is 152 g/mol. The molecule has 0 bridgehead atoms. The Bertz CT molecular complexity index is 159. The first-order valence-electron chi connectivity index (χ1n) is 4.35. The van der Waals surface area contributed by atoms with Crippen molar-refractivity contribution in [1.29, 1.82) is 5.26 Å². The largest absolute Gasteiger partial charge is 0.302 e. The van der Waals surface area contributed by atoms with Crippen molar-refractivity contribution in [1.82, 2.24) is 4.90 Å². The van der Waals surface area contributed by atoms with Gasteiger partial charge < -0.3 is 4.90 Å². The van der Waals surface area contributed by atoms with Crippen molar-refractivity contribution >= 4 is 0 Å². The van der Waals surface area contributed by atoms with Crippen LogP contribution in [0.3, 0.4) is 0 Å². The van der Waals surface area contributed by atoms with Gasteiger partial charge in [0, 0.05) is 6.04 Å². The molecule has 2 atom stereocenters. The summed E-state index contributed by atoms with van der Waals surface area (Å²) in [5.41, 5.74) is 0. The summed E-state index contributed by atoms with van der Waals surface area (Å²) in [7, 11) is 2.12. The molecule has 2 heteroatoms. The third-order valence-corrected chi connectivity index (χ3v) is 2.61. The predicted molar refractivity (Wildman–Crippen MR) is 45.0 cm³/mol. The lowest BCUT2D eigenvalue weighted by molar-refractivity contribution is 0.157. The van der Waals surface area contributed by atoms with Crippen LogP contribution in [0.25, 0.3) is 0 Å². The van der Waals surface area contributed by atoms with E-state index in [-0.39, 0.29) is 5.92 Å². The van der Waals surface area contributed by atoms with Crippen molar-refractivity contribution < 1.29 is 0 Å². The zero-order valence-electron chi connectivity index (χ0n) is 7.38. The molecule has 11 heavy (non-hydrogen) atoms. The van der Waals surface area contributed by atoms with Crippen LogP contribution in [-0.4, -0.2) is 24.5 Å². The fourth-order valence-electron chi connectivity index (χ4n) is 1.82. The standard InChI is InChI=1S/C9H16N2/c1-8(7-10)9-5-3-4-6-11(9)2/h8-9H,3-6H2,1-2H3. The van der Waals surface area contributed by atoms with Crippen LogP contribution < -0.4 is 0 Å². The van der Waals surface area contributed by atoms with E-state index in [1.165, 1.54) is 19.3 Å². The Labute approximate surface area is 68.8 Å². The van der Waals surface area contributed by atoms with Crippen LogP contribution >= 0.6 is 0 Å². The fraction of sp³-hybridized carbons (Fsp3) is 0.889. The maximum absolute atomic E-state index is 8.73. The van der Waals surface area contributed by atoms with Crippen LogP contribution in [0.15, 0.2) is 0 Å². The van der Waals surface area contributed by atoms with E-state index in [0.29, 0.717) is 6.04 Å². The highest BCUT2D eigenvalue weighted by Gasteiger charge is 2.23. The summed E-state index contributed by atoms with van der Waals surface area (Å²) in [6.07, 6.45) is 3.79. The van der Waals surface area contributed by atoms with E-state index in [0.717, 1.165) is 6.54 Å². The first-order chi connectivity index (χ1) is 5.25. The van der Waals surface area contributed by atoms with Crippen molar-refractivity contribution in [2.75, 3.05) is 13.6 Å². The normalized spacial score (nSPS) is 29.4. The van der Waals surface area contributed by atoms with Gasteiger partial charge in [0.2, 0.25) is 0 Å². The molecule has 0 N–H and O–H groups in total. The van der Waals surface area contributed by atoms with E-state index >= 15 is 0 Å². The van der Waals surface area contributed by atoms with Crippen molar-refractivity contribution in [2.24, 2.45) is 5.92 Å². The third kappa shape index (κ3) is 1.94. The minimum absolute atomic E-state index is 0.195. The maximum Gasteiger partial charge on any atom is 0.0669 e. The number of rotatable bonds is 1. The Balaban J connectivity index is 2.48. The molecule has 1 fully saturated rings. The second-order valence-electron chi connectivity index (χ2n) is 3.46. The first-order valence-corrected chi connectivity index (χ1v) is 4.35. The van der Waals surface area contributed by atoms with E-state index in [4.69, 9.17) is 5.26 Å². The summed E-state index contributed by atoms with van der Waals surface area (Å²) in [5, 5.41) is 8.73. The van der Waals surface area contributed by atoms with Crippen LogP contribution in [0.1, 0.15) is 26.2 Å². The minimum atomic E-state index is 0.195. The van der Waals surface area contributed by atoms with Gasteiger partial charge >= 0.3 is 0 Å². The average Bonchev–Trinajstić information content (AvgIpc) is 2.04. The molecule has 0 amide bonds. The number of likely N-dealkylation sites (tertiary alicyclic amines) is 1. The van der Waals surface area contributed by atoms with Gasteiger partial charge in [-0.3, -0.25) is 0 Å². The lowest BCUT2D eigenvalue weighted by Crippen LogP contribution is -2.40. The van der Waals surface area contributed by atoms with E-state index in [2.05, 4.69) is 18.0 Å². The van der Waals surface area contributed by atoms with Crippen LogP contribution in [0.5, 0.6) is 0 Å². The second-order valence-corrected chi connectivity index (χ2v) is 3.46. The van der Waals surface area contributed by atoms with Gasteiger partial charge in [0.1, 0.15) is 0 Å². The molecule has 0 saturated carbocycles. The van der Waals surface area contributed by atoms with Crippen molar-refractivity contribution in [3.63, 3.8) is 0 Å². The highest BCUT2D eigenvalue weighted by molar-refractivity contribution is 4.91. The molecule has 1 saturated heterocycles. The Morgan fingerprint density at radius 2 is 2.27 bits per heavy atom. The smallest absolute Gasteiger partial charge is 0.0669 e. The Morgan fingerprint density at radius 3 is 2.82 bits per heavy atom. The molecule has 0 aromatic rings. The molecule has 2 unspecified atom stereocenters. The van der Waals surface area contributed by atoms with Gasteiger partial charge in [-0.25, -0.2) is 0 Å². The van der Waals surface area contributed by atoms with Gasteiger partial charge in [0.05, 0.1) is 12.0 Å². The number of hydrogen-bond donors (Lipinski definition) is 0. The molecule has 1 rings (SSSR count).